The number of benzene rings is 9. The van der Waals surface area contributed by atoms with Crippen molar-refractivity contribution < 1.29 is 0 Å². The van der Waals surface area contributed by atoms with E-state index >= 15 is 0 Å². The molecule has 2 aliphatic carbocycles. The molecule has 1 heterocycles. The smallest absolute Gasteiger partial charge is 0.0465 e. The second-order valence-electron chi connectivity index (χ2n) is 18.1. The van der Waals surface area contributed by atoms with Crippen LogP contribution in [0, 0.1) is 0 Å². The standard InChI is InChI=1S/C60H45NS/c1-59(2)53-34-41(39-16-9-6-10-17-39)24-30-47(53)49-32-28-44(36-55(49)59)61(43-26-22-40(23-27-43)38-14-7-5-8-15-38)45-29-33-50-48-31-25-42(35-54(48)60(3,4)56(50)37-45)46-19-13-20-52-51-18-11-12-21-57(51)62-58(46)52/h5-37H,1-4H3. The Morgan fingerprint density at radius 1 is 0.323 bits per heavy atom. The first-order valence-electron chi connectivity index (χ1n) is 21.7. The summed E-state index contributed by atoms with van der Waals surface area (Å²) < 4.78 is 2.69. The molecule has 0 saturated carbocycles. The Labute approximate surface area is 368 Å². The number of fused-ring (bicyclic) bond motifs is 9. The predicted octanol–water partition coefficient (Wildman–Crippen LogP) is 17.1. The maximum Gasteiger partial charge on any atom is 0.0465 e. The van der Waals surface area contributed by atoms with Crippen LogP contribution in [0.15, 0.2) is 200 Å². The molecule has 0 amide bonds. The molecular formula is C60H45NS. The minimum atomic E-state index is -0.203. The zero-order valence-corrected chi connectivity index (χ0v) is 36.2. The second kappa shape index (κ2) is 13.8. The van der Waals surface area contributed by atoms with Gasteiger partial charge in [-0.1, -0.05) is 173 Å². The van der Waals surface area contributed by atoms with Crippen LogP contribution < -0.4 is 4.90 Å². The number of anilines is 3. The minimum absolute atomic E-state index is 0.173. The Morgan fingerprint density at radius 3 is 1.37 bits per heavy atom. The summed E-state index contributed by atoms with van der Waals surface area (Å²) >= 11 is 1.90. The molecule has 1 nitrogen and oxygen atoms in total. The van der Waals surface area contributed by atoms with Gasteiger partial charge in [-0.2, -0.15) is 0 Å². The molecule has 296 valence electrons. The van der Waals surface area contributed by atoms with Crippen LogP contribution in [0.2, 0.25) is 0 Å². The zero-order valence-electron chi connectivity index (χ0n) is 35.4. The molecule has 1 aromatic heterocycles. The Morgan fingerprint density at radius 2 is 0.758 bits per heavy atom. The van der Waals surface area contributed by atoms with Crippen molar-refractivity contribution in [2.75, 3.05) is 4.90 Å². The van der Waals surface area contributed by atoms with Gasteiger partial charge in [0.2, 0.25) is 0 Å². The predicted molar refractivity (Wildman–Crippen MR) is 265 cm³/mol. The summed E-state index contributed by atoms with van der Waals surface area (Å²) in [6.07, 6.45) is 0. The third kappa shape index (κ3) is 5.60. The molecule has 0 bridgehead atoms. The lowest BCUT2D eigenvalue weighted by Gasteiger charge is -2.30. The lowest BCUT2D eigenvalue weighted by Crippen LogP contribution is -2.18. The van der Waals surface area contributed by atoms with Crippen molar-refractivity contribution in [3.63, 3.8) is 0 Å². The second-order valence-corrected chi connectivity index (χ2v) is 19.2. The van der Waals surface area contributed by atoms with E-state index < -0.39 is 0 Å². The number of nitrogens with zero attached hydrogens (tertiary/aromatic N) is 1. The largest absolute Gasteiger partial charge is 0.310 e. The van der Waals surface area contributed by atoms with Gasteiger partial charge in [0.1, 0.15) is 0 Å². The van der Waals surface area contributed by atoms with E-state index in [0.29, 0.717) is 0 Å². The van der Waals surface area contributed by atoms with Crippen LogP contribution in [0.3, 0.4) is 0 Å². The lowest BCUT2D eigenvalue weighted by atomic mass is 9.81. The van der Waals surface area contributed by atoms with Gasteiger partial charge in [-0.25, -0.2) is 0 Å². The van der Waals surface area contributed by atoms with Crippen LogP contribution in [0.1, 0.15) is 49.9 Å². The van der Waals surface area contributed by atoms with Gasteiger partial charge < -0.3 is 4.90 Å². The summed E-state index contributed by atoms with van der Waals surface area (Å²) in [5.41, 5.74) is 21.4. The number of hydrogen-bond acceptors (Lipinski definition) is 2. The van der Waals surface area contributed by atoms with Crippen LogP contribution in [0.5, 0.6) is 0 Å². The molecule has 0 radical (unpaired) electrons. The molecule has 0 fully saturated rings. The molecule has 0 saturated heterocycles. The SMILES string of the molecule is CC1(C)c2cc(-c3ccccc3)ccc2-c2ccc(N(c3ccc(-c4ccccc4)cc3)c3ccc4c(c3)C(C)(C)c3cc(-c5cccc6c5sc5ccccc56)ccc3-4)cc21. The van der Waals surface area contributed by atoms with Crippen molar-refractivity contribution in [3.8, 4) is 55.6 Å². The van der Waals surface area contributed by atoms with E-state index in [0.717, 1.165) is 17.1 Å². The van der Waals surface area contributed by atoms with Gasteiger partial charge in [-0.05, 0) is 132 Å². The Hall–Kier alpha value is -7.00. The van der Waals surface area contributed by atoms with Crippen molar-refractivity contribution in [1.29, 1.82) is 0 Å². The topological polar surface area (TPSA) is 3.24 Å². The summed E-state index contributed by atoms with van der Waals surface area (Å²) in [7, 11) is 0. The maximum atomic E-state index is 2.47. The van der Waals surface area contributed by atoms with E-state index in [1.54, 1.807) is 0 Å². The average molecular weight is 812 g/mol. The normalized spacial score (nSPS) is 14.1. The van der Waals surface area contributed by atoms with Crippen LogP contribution >= 0.6 is 11.3 Å². The average Bonchev–Trinajstić information content (AvgIpc) is 3.89. The van der Waals surface area contributed by atoms with Crippen molar-refractivity contribution in [2.24, 2.45) is 0 Å². The Kier molecular flexibility index (Phi) is 8.17. The van der Waals surface area contributed by atoms with Gasteiger partial charge in [0.05, 0.1) is 0 Å². The van der Waals surface area contributed by atoms with Gasteiger partial charge in [-0.3, -0.25) is 0 Å². The van der Waals surface area contributed by atoms with E-state index in [4.69, 9.17) is 0 Å². The first kappa shape index (κ1) is 36.8. The Bertz CT molecular complexity index is 3390. The fourth-order valence-corrected chi connectivity index (χ4v) is 11.8. The van der Waals surface area contributed by atoms with Crippen LogP contribution in [-0.4, -0.2) is 0 Å². The highest BCUT2D eigenvalue weighted by atomic mass is 32.1. The summed E-state index contributed by atoms with van der Waals surface area (Å²) in [6, 6.07) is 74.6. The third-order valence-electron chi connectivity index (χ3n) is 13.9. The molecule has 0 atom stereocenters. The van der Waals surface area contributed by atoms with Gasteiger partial charge in [0.15, 0.2) is 0 Å². The van der Waals surface area contributed by atoms with E-state index in [1.165, 1.54) is 98.1 Å². The molecular weight excluding hydrogens is 767 g/mol. The fraction of sp³-hybridized carbons (Fsp3) is 0.100. The Balaban J connectivity index is 0.967. The van der Waals surface area contributed by atoms with E-state index in [-0.39, 0.29) is 10.8 Å². The van der Waals surface area contributed by atoms with Crippen molar-refractivity contribution >= 4 is 48.6 Å². The highest BCUT2D eigenvalue weighted by molar-refractivity contribution is 7.26. The molecule has 9 aromatic carbocycles. The van der Waals surface area contributed by atoms with Crippen LogP contribution in [0.25, 0.3) is 75.8 Å². The van der Waals surface area contributed by atoms with Crippen LogP contribution in [0.4, 0.5) is 17.1 Å². The van der Waals surface area contributed by atoms with Gasteiger partial charge in [-0.15, -0.1) is 11.3 Å². The highest BCUT2D eigenvalue weighted by Crippen LogP contribution is 2.54. The fourth-order valence-electron chi connectivity index (χ4n) is 10.6. The van der Waals surface area contributed by atoms with Gasteiger partial charge >= 0.3 is 0 Å². The van der Waals surface area contributed by atoms with Gasteiger partial charge in [0, 0.05) is 48.1 Å². The first-order chi connectivity index (χ1) is 30.2. The summed E-state index contributed by atoms with van der Waals surface area (Å²) in [5, 5.41) is 2.67. The molecule has 0 N–H and O–H groups in total. The summed E-state index contributed by atoms with van der Waals surface area (Å²) in [4.78, 5) is 2.47. The van der Waals surface area contributed by atoms with Gasteiger partial charge in [0.25, 0.3) is 0 Å². The lowest BCUT2D eigenvalue weighted by molar-refractivity contribution is 0.660. The molecule has 12 rings (SSSR count). The molecule has 0 unspecified atom stereocenters. The quantitative estimate of drug-likeness (QED) is 0.162. The van der Waals surface area contributed by atoms with Crippen molar-refractivity contribution in [1.82, 2.24) is 0 Å². The molecule has 2 heteroatoms. The third-order valence-corrected chi connectivity index (χ3v) is 15.1. The number of hydrogen-bond donors (Lipinski definition) is 0. The monoisotopic (exact) mass is 811 g/mol. The number of thiophene rings is 1. The van der Waals surface area contributed by atoms with Crippen molar-refractivity contribution in [3.05, 3.63) is 222 Å². The van der Waals surface area contributed by atoms with E-state index in [2.05, 4.69) is 233 Å². The van der Waals surface area contributed by atoms with E-state index in [9.17, 15) is 0 Å². The highest BCUT2D eigenvalue weighted by Gasteiger charge is 2.38. The van der Waals surface area contributed by atoms with E-state index in [1.807, 2.05) is 11.3 Å². The molecule has 0 spiro atoms. The number of rotatable bonds is 6. The van der Waals surface area contributed by atoms with Crippen LogP contribution in [-0.2, 0) is 10.8 Å². The summed E-state index contributed by atoms with van der Waals surface area (Å²) in [5.74, 6) is 0. The molecule has 0 aliphatic heterocycles. The molecule has 10 aromatic rings. The van der Waals surface area contributed by atoms with Crippen molar-refractivity contribution in [2.45, 2.75) is 38.5 Å². The zero-order chi connectivity index (χ0) is 41.7. The summed E-state index contributed by atoms with van der Waals surface area (Å²) in [6.45, 7) is 9.59. The minimum Gasteiger partial charge on any atom is -0.310 e. The first-order valence-corrected chi connectivity index (χ1v) is 22.6. The molecule has 2 aliphatic rings. The molecule has 62 heavy (non-hydrogen) atoms. The maximum absolute atomic E-state index is 2.47.